The van der Waals surface area contributed by atoms with E-state index in [-0.39, 0.29) is 11.8 Å². The molecule has 5 heteroatoms. The molecule has 0 unspecified atom stereocenters. The van der Waals surface area contributed by atoms with Crippen molar-refractivity contribution in [1.29, 1.82) is 0 Å². The second kappa shape index (κ2) is 11.9. The third-order valence-corrected chi connectivity index (χ3v) is 6.05. The number of rotatable bonds is 10. The molecule has 2 aromatic rings. The number of hydrogen-bond donors (Lipinski definition) is 1. The van der Waals surface area contributed by atoms with E-state index in [0.717, 1.165) is 16.9 Å². The fraction of sp³-hybridized carbons (Fsp3) is 0.462. The largest absolute Gasteiger partial charge is 0.354 e. The Morgan fingerprint density at radius 2 is 1.58 bits per heavy atom. The molecule has 0 heterocycles. The summed E-state index contributed by atoms with van der Waals surface area (Å²) in [5.74, 6) is 1.38. The molecular weight excluding hydrogens is 404 g/mol. The fourth-order valence-corrected chi connectivity index (χ4v) is 4.38. The lowest BCUT2D eigenvalue weighted by Crippen LogP contribution is -2.48. The summed E-state index contributed by atoms with van der Waals surface area (Å²) in [5, 5.41) is 2.97. The van der Waals surface area contributed by atoms with Crippen LogP contribution in [0.1, 0.15) is 48.6 Å². The fourth-order valence-electron chi connectivity index (χ4n) is 3.53. The SMILES string of the molecule is Cc1cc(C)cc(CSCC(=O)N(Cc2cccc(C)c2)[C@@H](C)C(=O)NCC(C)C)c1. The van der Waals surface area contributed by atoms with Gasteiger partial charge in [0.25, 0.3) is 0 Å². The predicted octanol–water partition coefficient (Wildman–Crippen LogP) is 5.03. The molecule has 0 aromatic heterocycles. The molecule has 2 aromatic carbocycles. The Labute approximate surface area is 191 Å². The second-order valence-electron chi connectivity index (χ2n) is 8.81. The number of hydrogen-bond acceptors (Lipinski definition) is 3. The van der Waals surface area contributed by atoms with Crippen LogP contribution in [0.5, 0.6) is 0 Å². The van der Waals surface area contributed by atoms with Gasteiger partial charge in [0, 0.05) is 18.8 Å². The molecule has 0 aliphatic heterocycles. The Bertz CT molecular complexity index is 874. The van der Waals surface area contributed by atoms with Crippen molar-refractivity contribution in [3.63, 3.8) is 0 Å². The van der Waals surface area contributed by atoms with E-state index < -0.39 is 6.04 Å². The van der Waals surface area contributed by atoms with Gasteiger partial charge >= 0.3 is 0 Å². The first-order valence-corrected chi connectivity index (χ1v) is 12.1. The van der Waals surface area contributed by atoms with Gasteiger partial charge < -0.3 is 10.2 Å². The van der Waals surface area contributed by atoms with E-state index >= 15 is 0 Å². The van der Waals surface area contributed by atoms with Crippen LogP contribution in [0.25, 0.3) is 0 Å². The molecule has 0 saturated carbocycles. The number of amides is 2. The lowest BCUT2D eigenvalue weighted by atomic mass is 10.1. The zero-order valence-corrected chi connectivity index (χ0v) is 20.5. The molecule has 4 nitrogen and oxygen atoms in total. The predicted molar refractivity (Wildman–Crippen MR) is 131 cm³/mol. The zero-order chi connectivity index (χ0) is 23.0. The Morgan fingerprint density at radius 3 is 2.19 bits per heavy atom. The van der Waals surface area contributed by atoms with Gasteiger partial charge in [-0.3, -0.25) is 9.59 Å². The van der Waals surface area contributed by atoms with E-state index in [4.69, 9.17) is 0 Å². The molecule has 0 fully saturated rings. The maximum atomic E-state index is 13.2. The molecule has 0 radical (unpaired) electrons. The molecule has 31 heavy (non-hydrogen) atoms. The molecule has 0 spiro atoms. The molecule has 2 amide bonds. The number of thioether (sulfide) groups is 1. The van der Waals surface area contributed by atoms with E-state index in [1.807, 2.05) is 32.0 Å². The highest BCUT2D eigenvalue weighted by Gasteiger charge is 2.26. The van der Waals surface area contributed by atoms with Crippen molar-refractivity contribution in [2.75, 3.05) is 12.3 Å². The van der Waals surface area contributed by atoms with Crippen molar-refractivity contribution in [3.05, 3.63) is 70.3 Å². The summed E-state index contributed by atoms with van der Waals surface area (Å²) in [5.41, 5.74) is 5.88. The summed E-state index contributed by atoms with van der Waals surface area (Å²) < 4.78 is 0. The van der Waals surface area contributed by atoms with Gasteiger partial charge in [0.1, 0.15) is 6.04 Å². The highest BCUT2D eigenvalue weighted by molar-refractivity contribution is 7.99. The van der Waals surface area contributed by atoms with Crippen molar-refractivity contribution in [2.24, 2.45) is 5.92 Å². The summed E-state index contributed by atoms with van der Waals surface area (Å²) in [6.07, 6.45) is 0. The Morgan fingerprint density at radius 1 is 0.935 bits per heavy atom. The average Bonchev–Trinajstić information content (AvgIpc) is 2.69. The minimum absolute atomic E-state index is 0.0110. The van der Waals surface area contributed by atoms with Crippen molar-refractivity contribution in [2.45, 2.75) is 59.9 Å². The standard InChI is InChI=1S/C26H36N2O2S/c1-18(2)14-27-26(30)22(6)28(15-23-9-7-8-19(3)11-23)25(29)17-31-16-24-12-20(4)10-21(5)13-24/h7-13,18,22H,14-17H2,1-6H3,(H,27,30)/t22-/m0/s1. The zero-order valence-electron chi connectivity index (χ0n) is 19.7. The van der Waals surface area contributed by atoms with Crippen molar-refractivity contribution in [1.82, 2.24) is 10.2 Å². The Hall–Kier alpha value is -2.27. The quantitative estimate of drug-likeness (QED) is 0.563. The van der Waals surface area contributed by atoms with Crippen LogP contribution < -0.4 is 5.32 Å². The van der Waals surface area contributed by atoms with Gasteiger partial charge in [-0.15, -0.1) is 11.8 Å². The molecular formula is C26H36N2O2S. The molecule has 0 saturated heterocycles. The maximum Gasteiger partial charge on any atom is 0.242 e. The Kier molecular flexibility index (Phi) is 9.63. The first-order valence-electron chi connectivity index (χ1n) is 10.9. The Balaban J connectivity index is 2.08. The molecule has 0 aliphatic carbocycles. The van der Waals surface area contributed by atoms with Crippen LogP contribution >= 0.6 is 11.8 Å². The second-order valence-corrected chi connectivity index (χ2v) is 9.80. The number of aryl methyl sites for hydroxylation is 3. The molecule has 0 bridgehead atoms. The van der Waals surface area contributed by atoms with Crippen LogP contribution in [0, 0.1) is 26.7 Å². The molecule has 1 N–H and O–H groups in total. The topological polar surface area (TPSA) is 49.4 Å². The number of nitrogens with one attached hydrogen (secondary N) is 1. The van der Waals surface area contributed by atoms with Crippen LogP contribution in [0.2, 0.25) is 0 Å². The van der Waals surface area contributed by atoms with Crippen molar-refractivity contribution < 1.29 is 9.59 Å². The van der Waals surface area contributed by atoms with E-state index in [1.165, 1.54) is 16.7 Å². The third-order valence-electron chi connectivity index (χ3n) is 5.06. The summed E-state index contributed by atoms with van der Waals surface area (Å²) in [4.78, 5) is 27.6. The first-order chi connectivity index (χ1) is 14.7. The van der Waals surface area contributed by atoms with E-state index in [0.29, 0.717) is 24.8 Å². The van der Waals surface area contributed by atoms with Crippen molar-refractivity contribution >= 4 is 23.6 Å². The van der Waals surface area contributed by atoms with E-state index in [9.17, 15) is 9.59 Å². The summed E-state index contributed by atoms with van der Waals surface area (Å²) in [6.45, 7) is 13.2. The number of carbonyl (C=O) groups is 2. The van der Waals surface area contributed by atoms with Gasteiger partial charge in [-0.1, -0.05) is 73.0 Å². The van der Waals surface area contributed by atoms with Crippen LogP contribution in [0.15, 0.2) is 42.5 Å². The normalized spacial score (nSPS) is 12.0. The molecule has 168 valence electrons. The smallest absolute Gasteiger partial charge is 0.242 e. The molecule has 1 atom stereocenters. The number of benzene rings is 2. The van der Waals surface area contributed by atoms with Gasteiger partial charge in [0.2, 0.25) is 11.8 Å². The highest BCUT2D eigenvalue weighted by atomic mass is 32.2. The summed E-state index contributed by atoms with van der Waals surface area (Å²) in [7, 11) is 0. The van der Waals surface area contributed by atoms with Gasteiger partial charge in [0.15, 0.2) is 0 Å². The van der Waals surface area contributed by atoms with Crippen LogP contribution in [-0.2, 0) is 21.9 Å². The van der Waals surface area contributed by atoms with Crippen LogP contribution in [0.4, 0.5) is 0 Å². The molecule has 2 rings (SSSR count). The third kappa shape index (κ3) is 8.41. The average molecular weight is 441 g/mol. The lowest BCUT2D eigenvalue weighted by Gasteiger charge is -2.29. The first kappa shape index (κ1) is 25.0. The summed E-state index contributed by atoms with van der Waals surface area (Å²) >= 11 is 1.60. The van der Waals surface area contributed by atoms with Gasteiger partial charge in [-0.2, -0.15) is 0 Å². The number of carbonyl (C=O) groups excluding carboxylic acids is 2. The molecule has 0 aliphatic rings. The van der Waals surface area contributed by atoms with Crippen LogP contribution in [-0.4, -0.2) is 35.1 Å². The van der Waals surface area contributed by atoms with E-state index in [1.54, 1.807) is 16.7 Å². The monoisotopic (exact) mass is 440 g/mol. The van der Waals surface area contributed by atoms with Crippen LogP contribution in [0.3, 0.4) is 0 Å². The minimum Gasteiger partial charge on any atom is -0.354 e. The van der Waals surface area contributed by atoms with Gasteiger partial charge in [-0.25, -0.2) is 0 Å². The maximum absolute atomic E-state index is 13.2. The van der Waals surface area contributed by atoms with Gasteiger partial charge in [0.05, 0.1) is 5.75 Å². The summed E-state index contributed by atoms with van der Waals surface area (Å²) in [6, 6.07) is 14.1. The van der Waals surface area contributed by atoms with Crippen molar-refractivity contribution in [3.8, 4) is 0 Å². The highest BCUT2D eigenvalue weighted by Crippen LogP contribution is 2.18. The number of nitrogens with zero attached hydrogens (tertiary/aromatic N) is 1. The minimum atomic E-state index is -0.520. The van der Waals surface area contributed by atoms with E-state index in [2.05, 4.69) is 57.3 Å². The van der Waals surface area contributed by atoms with Gasteiger partial charge in [-0.05, 0) is 44.7 Å². The lowest BCUT2D eigenvalue weighted by molar-refractivity contribution is -0.138.